The Hall–Kier alpha value is -1.53. The van der Waals surface area contributed by atoms with Gasteiger partial charge in [0.2, 0.25) is 0 Å². The molecule has 2 aliphatic rings. The number of likely N-dealkylation sites (tertiary alicyclic amines) is 2. The first-order valence-corrected chi connectivity index (χ1v) is 11.3. The first-order valence-electron chi connectivity index (χ1n) is 11.3. The minimum atomic E-state index is -0.659. The molecule has 1 unspecified atom stereocenters. The lowest BCUT2D eigenvalue weighted by Crippen LogP contribution is -2.53. The van der Waals surface area contributed by atoms with E-state index in [-0.39, 0.29) is 5.70 Å². The summed E-state index contributed by atoms with van der Waals surface area (Å²) in [6, 6.07) is 0. The Kier molecular flexibility index (Phi) is 8.58. The predicted molar refractivity (Wildman–Crippen MR) is 120 cm³/mol. The number of piperidine rings is 2. The van der Waals surface area contributed by atoms with E-state index in [0.717, 1.165) is 31.8 Å². The monoisotopic (exact) mass is 406 g/mol. The molecule has 0 aromatic rings. The lowest BCUT2D eigenvalue weighted by atomic mass is 9.70. The summed E-state index contributed by atoms with van der Waals surface area (Å²) in [4.78, 5) is 4.41. The van der Waals surface area contributed by atoms with Crippen molar-refractivity contribution in [2.24, 2.45) is 17.1 Å². The van der Waals surface area contributed by atoms with Crippen LogP contribution < -0.4 is 5.73 Å². The zero-order chi connectivity index (χ0) is 21.5. The van der Waals surface area contributed by atoms with Crippen LogP contribution in [-0.2, 0) is 0 Å². The second-order valence-corrected chi connectivity index (χ2v) is 9.41. The van der Waals surface area contributed by atoms with Crippen LogP contribution >= 0.6 is 0 Å². The van der Waals surface area contributed by atoms with Crippen molar-refractivity contribution in [1.29, 1.82) is 5.41 Å². The highest BCUT2D eigenvalue weighted by molar-refractivity contribution is 5.90. The molecule has 2 aliphatic heterocycles. The van der Waals surface area contributed by atoms with Crippen molar-refractivity contribution in [1.82, 2.24) is 9.80 Å². The van der Waals surface area contributed by atoms with Gasteiger partial charge < -0.3 is 25.7 Å². The van der Waals surface area contributed by atoms with Gasteiger partial charge in [0.05, 0.1) is 11.3 Å². The summed E-state index contributed by atoms with van der Waals surface area (Å²) in [5.74, 6) is 1.16. The van der Waals surface area contributed by atoms with Gasteiger partial charge in [-0.3, -0.25) is 5.41 Å². The third kappa shape index (κ3) is 6.75. The highest BCUT2D eigenvalue weighted by Crippen LogP contribution is 2.41. The SMILES string of the molecule is CCC(C)CC1(CC)CCN(CC2(O)CCN(C(=N)C=CC(N)=CO)CC2)CC1. The number of aliphatic hydroxyl groups excluding tert-OH is 1. The third-order valence-electron chi connectivity index (χ3n) is 7.28. The third-order valence-corrected chi connectivity index (χ3v) is 7.28. The van der Waals surface area contributed by atoms with Gasteiger partial charge in [0, 0.05) is 19.6 Å². The molecule has 0 aliphatic carbocycles. The number of allylic oxidation sites excluding steroid dienone is 1. The molecule has 6 nitrogen and oxygen atoms in total. The van der Waals surface area contributed by atoms with Crippen molar-refractivity contribution < 1.29 is 10.2 Å². The minimum absolute atomic E-state index is 0.227. The van der Waals surface area contributed by atoms with Gasteiger partial charge in [-0.15, -0.1) is 0 Å². The molecule has 2 heterocycles. The number of amidine groups is 1. The second-order valence-electron chi connectivity index (χ2n) is 9.41. The van der Waals surface area contributed by atoms with E-state index in [4.69, 9.17) is 16.2 Å². The summed E-state index contributed by atoms with van der Waals surface area (Å²) in [7, 11) is 0. The Morgan fingerprint density at radius 3 is 2.24 bits per heavy atom. The average molecular weight is 407 g/mol. The average Bonchev–Trinajstić information content (AvgIpc) is 2.73. The quantitative estimate of drug-likeness (QED) is 0.214. The van der Waals surface area contributed by atoms with Crippen LogP contribution in [0.4, 0.5) is 0 Å². The van der Waals surface area contributed by atoms with Crippen LogP contribution in [0.1, 0.15) is 65.7 Å². The van der Waals surface area contributed by atoms with Crippen LogP contribution in [0, 0.1) is 16.7 Å². The molecule has 0 amide bonds. The zero-order valence-electron chi connectivity index (χ0n) is 18.7. The van der Waals surface area contributed by atoms with Gasteiger partial charge in [0.25, 0.3) is 0 Å². The minimum Gasteiger partial charge on any atom is -0.513 e. The highest BCUT2D eigenvalue weighted by atomic mass is 16.3. The Morgan fingerprint density at radius 1 is 1.10 bits per heavy atom. The van der Waals surface area contributed by atoms with E-state index in [1.807, 2.05) is 4.90 Å². The molecule has 0 spiro atoms. The molecule has 0 aromatic heterocycles. The van der Waals surface area contributed by atoms with Crippen molar-refractivity contribution in [2.45, 2.75) is 71.3 Å². The molecule has 166 valence electrons. The van der Waals surface area contributed by atoms with Crippen LogP contribution in [0.15, 0.2) is 24.1 Å². The molecule has 5 N–H and O–H groups in total. The summed E-state index contributed by atoms with van der Waals surface area (Å²) < 4.78 is 0. The fourth-order valence-electron chi connectivity index (χ4n) is 4.83. The summed E-state index contributed by atoms with van der Waals surface area (Å²) in [6.07, 6.45) is 11.6. The second kappa shape index (κ2) is 10.5. The maximum Gasteiger partial charge on any atom is 0.120 e. The largest absolute Gasteiger partial charge is 0.513 e. The lowest BCUT2D eigenvalue weighted by Gasteiger charge is -2.46. The molecular weight excluding hydrogens is 364 g/mol. The first kappa shape index (κ1) is 23.7. The van der Waals surface area contributed by atoms with Crippen molar-refractivity contribution in [2.75, 3.05) is 32.7 Å². The molecule has 29 heavy (non-hydrogen) atoms. The molecule has 1 atom stereocenters. The standard InChI is InChI=1S/C23H42N4O2/c1-4-19(3)16-22(5-2)8-12-26(13-9-22)18-23(29)10-14-27(15-11-23)21(25)7-6-20(24)17-28/h6-7,17,19,25,28-29H,4-5,8-16,18,24H2,1-3H3. The maximum atomic E-state index is 11.1. The molecule has 2 rings (SSSR count). The molecule has 0 aromatic carbocycles. The van der Waals surface area contributed by atoms with Gasteiger partial charge in [0.1, 0.15) is 12.1 Å². The Balaban J connectivity index is 1.82. The number of nitrogens with one attached hydrogen (secondary N) is 1. The van der Waals surface area contributed by atoms with E-state index in [9.17, 15) is 5.11 Å². The van der Waals surface area contributed by atoms with Crippen molar-refractivity contribution in [3.8, 4) is 0 Å². The van der Waals surface area contributed by atoms with Gasteiger partial charge >= 0.3 is 0 Å². The molecule has 0 bridgehead atoms. The number of nitrogens with zero attached hydrogens (tertiary/aromatic N) is 2. The number of hydrogen-bond donors (Lipinski definition) is 4. The Morgan fingerprint density at radius 2 is 1.72 bits per heavy atom. The molecule has 2 fully saturated rings. The van der Waals surface area contributed by atoms with E-state index in [1.165, 1.54) is 38.2 Å². The van der Waals surface area contributed by atoms with E-state index < -0.39 is 5.60 Å². The van der Waals surface area contributed by atoms with Crippen molar-refractivity contribution in [3.63, 3.8) is 0 Å². The fraction of sp³-hybridized carbons (Fsp3) is 0.783. The maximum absolute atomic E-state index is 11.1. The van der Waals surface area contributed by atoms with E-state index in [0.29, 0.717) is 37.2 Å². The smallest absolute Gasteiger partial charge is 0.120 e. The molecule has 0 radical (unpaired) electrons. The number of rotatable bonds is 8. The summed E-state index contributed by atoms with van der Waals surface area (Å²) >= 11 is 0. The highest BCUT2D eigenvalue weighted by Gasteiger charge is 2.38. The van der Waals surface area contributed by atoms with Gasteiger partial charge in [-0.1, -0.05) is 33.6 Å². The number of aliphatic hydroxyl groups is 2. The molecule has 0 saturated carbocycles. The Labute approximate surface area is 177 Å². The van der Waals surface area contributed by atoms with Gasteiger partial charge in [-0.25, -0.2) is 0 Å². The van der Waals surface area contributed by atoms with Crippen LogP contribution in [0.25, 0.3) is 0 Å². The molecular formula is C23H42N4O2. The molecule has 2 saturated heterocycles. The van der Waals surface area contributed by atoms with Crippen LogP contribution in [0.3, 0.4) is 0 Å². The van der Waals surface area contributed by atoms with Crippen molar-refractivity contribution >= 4 is 5.84 Å². The van der Waals surface area contributed by atoms with E-state index in [1.54, 1.807) is 6.08 Å². The van der Waals surface area contributed by atoms with Crippen LogP contribution in [-0.4, -0.2) is 64.2 Å². The Bertz CT molecular complexity index is 586. The summed E-state index contributed by atoms with van der Waals surface area (Å²) in [5, 5.41) is 28.1. The number of nitrogens with two attached hydrogens (primary N) is 1. The first-order chi connectivity index (χ1) is 13.7. The summed E-state index contributed by atoms with van der Waals surface area (Å²) in [5.41, 5.74) is 5.58. The van der Waals surface area contributed by atoms with Gasteiger partial charge in [-0.05, 0) is 68.7 Å². The normalized spacial score (nSPS) is 24.0. The molecule has 6 heteroatoms. The van der Waals surface area contributed by atoms with Gasteiger partial charge in [0.15, 0.2) is 0 Å². The lowest BCUT2D eigenvalue weighted by molar-refractivity contribution is -0.0485. The van der Waals surface area contributed by atoms with Crippen molar-refractivity contribution in [3.05, 3.63) is 24.1 Å². The zero-order valence-corrected chi connectivity index (χ0v) is 18.7. The topological polar surface area (TPSA) is 96.8 Å². The number of β-amino-alcohol motifs (C(OH)–C–C–N with tert-alkyl or cyclic N) is 1. The van der Waals surface area contributed by atoms with Gasteiger partial charge in [-0.2, -0.15) is 0 Å². The summed E-state index contributed by atoms with van der Waals surface area (Å²) in [6.45, 7) is 11.3. The van der Waals surface area contributed by atoms with E-state index in [2.05, 4.69) is 25.7 Å². The fourth-order valence-corrected chi connectivity index (χ4v) is 4.83. The predicted octanol–water partition coefficient (Wildman–Crippen LogP) is 3.63. The number of hydrogen-bond acceptors (Lipinski definition) is 5. The van der Waals surface area contributed by atoms with Crippen LogP contribution in [0.2, 0.25) is 0 Å². The van der Waals surface area contributed by atoms with E-state index >= 15 is 0 Å². The van der Waals surface area contributed by atoms with Crippen LogP contribution in [0.5, 0.6) is 0 Å².